The van der Waals surface area contributed by atoms with Crippen LogP contribution in [0.3, 0.4) is 0 Å². The van der Waals surface area contributed by atoms with Crippen molar-refractivity contribution in [3.63, 3.8) is 0 Å². The molecule has 0 radical (unpaired) electrons. The lowest BCUT2D eigenvalue weighted by atomic mass is 9.76. The van der Waals surface area contributed by atoms with Crippen molar-refractivity contribution in [2.45, 2.75) is 39.7 Å². The van der Waals surface area contributed by atoms with Gasteiger partial charge in [0.1, 0.15) is 0 Å². The Kier molecular flexibility index (Phi) is 4.66. The first-order valence-corrected chi connectivity index (χ1v) is 8.85. The highest BCUT2D eigenvalue weighted by Gasteiger charge is 2.33. The average Bonchev–Trinajstić information content (AvgIpc) is 2.89. The molecule has 0 amide bonds. The van der Waals surface area contributed by atoms with E-state index >= 15 is 0 Å². The normalized spacial score (nSPS) is 15.9. The van der Waals surface area contributed by atoms with Crippen LogP contribution in [0.5, 0.6) is 0 Å². The lowest BCUT2D eigenvalue weighted by molar-refractivity contribution is 0.0696. The van der Waals surface area contributed by atoms with E-state index in [0.29, 0.717) is 16.9 Å². The molecule has 0 saturated heterocycles. The van der Waals surface area contributed by atoms with E-state index in [1.54, 1.807) is 0 Å². The van der Waals surface area contributed by atoms with E-state index in [1.807, 2.05) is 0 Å². The van der Waals surface area contributed by atoms with E-state index in [2.05, 4.69) is 19.3 Å². The second-order valence-corrected chi connectivity index (χ2v) is 8.23. The molecule has 0 spiro atoms. The Bertz CT molecular complexity index is 846. The highest BCUT2D eigenvalue weighted by molar-refractivity contribution is 7.16. The fourth-order valence-electron chi connectivity index (χ4n) is 3.42. The fourth-order valence-corrected chi connectivity index (χ4v) is 4.78. The first-order valence-electron chi connectivity index (χ1n) is 8.03. The summed E-state index contributed by atoms with van der Waals surface area (Å²) in [7, 11) is 0. The van der Waals surface area contributed by atoms with Gasteiger partial charge in [0.2, 0.25) is 0 Å². The summed E-state index contributed by atoms with van der Waals surface area (Å²) < 4.78 is 27.9. The van der Waals surface area contributed by atoms with E-state index in [1.165, 1.54) is 17.4 Å². The fraction of sp³-hybridized carbons (Fsp3) is 0.389. The second-order valence-electron chi connectivity index (χ2n) is 7.12. The van der Waals surface area contributed by atoms with E-state index < -0.39 is 17.6 Å². The Morgan fingerprint density at radius 1 is 1.40 bits per heavy atom. The predicted octanol–water partition coefficient (Wildman–Crippen LogP) is 3.87. The monoisotopic (exact) mass is 366 g/mol. The molecule has 134 valence electrons. The van der Waals surface area contributed by atoms with Crippen LogP contribution in [0.2, 0.25) is 0 Å². The van der Waals surface area contributed by atoms with Crippen LogP contribution < -0.4 is 11.3 Å². The average molecular weight is 366 g/mol. The molecule has 3 rings (SSSR count). The minimum absolute atomic E-state index is 0.0191. The molecule has 0 atom stereocenters. The van der Waals surface area contributed by atoms with Crippen LogP contribution >= 0.6 is 11.3 Å². The summed E-state index contributed by atoms with van der Waals surface area (Å²) in [6.45, 7) is 4.13. The third-order valence-electron chi connectivity index (χ3n) is 4.71. The number of carboxylic acids is 1. The van der Waals surface area contributed by atoms with Crippen molar-refractivity contribution in [1.29, 1.82) is 0 Å². The molecule has 0 fully saturated rings. The lowest BCUT2D eigenvalue weighted by Crippen LogP contribution is -2.23. The number of hydrogen-bond acceptors (Lipinski definition) is 4. The second kappa shape index (κ2) is 6.48. The Labute approximate surface area is 148 Å². The number of rotatable bonds is 4. The number of nitrogens with one attached hydrogen (secondary N) is 1. The van der Waals surface area contributed by atoms with E-state index in [0.717, 1.165) is 29.3 Å². The number of aromatic carboxylic acids is 1. The van der Waals surface area contributed by atoms with Gasteiger partial charge in [-0.25, -0.2) is 13.6 Å². The number of carboxylic acid groups (broad SMARTS) is 1. The van der Waals surface area contributed by atoms with Crippen molar-refractivity contribution in [1.82, 2.24) is 5.43 Å². The van der Waals surface area contributed by atoms with Gasteiger partial charge in [0.25, 0.3) is 0 Å². The van der Waals surface area contributed by atoms with Crippen molar-refractivity contribution in [3.8, 4) is 10.4 Å². The highest BCUT2D eigenvalue weighted by atomic mass is 32.1. The Morgan fingerprint density at radius 2 is 2.12 bits per heavy atom. The van der Waals surface area contributed by atoms with Crippen LogP contribution in [0.1, 0.15) is 46.6 Å². The molecule has 1 aliphatic rings. The third kappa shape index (κ3) is 3.19. The van der Waals surface area contributed by atoms with Gasteiger partial charge in [-0.05, 0) is 36.3 Å². The maximum Gasteiger partial charge on any atom is 0.337 e. The first-order chi connectivity index (χ1) is 11.7. The van der Waals surface area contributed by atoms with Gasteiger partial charge in [0.15, 0.2) is 11.6 Å². The largest absolute Gasteiger partial charge is 0.478 e. The summed E-state index contributed by atoms with van der Waals surface area (Å²) in [5.74, 6) is 2.29. The summed E-state index contributed by atoms with van der Waals surface area (Å²) in [4.78, 5) is 13.4. The van der Waals surface area contributed by atoms with Gasteiger partial charge in [-0.3, -0.25) is 11.3 Å². The minimum atomic E-state index is -1.04. The topological polar surface area (TPSA) is 75.3 Å². The summed E-state index contributed by atoms with van der Waals surface area (Å²) in [6.07, 6.45) is 2.42. The summed E-state index contributed by atoms with van der Waals surface area (Å²) in [5, 5.41) is 9.79. The van der Waals surface area contributed by atoms with Crippen LogP contribution in [0, 0.1) is 17.0 Å². The number of carbonyl (C=O) groups is 1. The number of thiophene rings is 1. The van der Waals surface area contributed by atoms with Crippen molar-refractivity contribution >= 4 is 17.3 Å². The van der Waals surface area contributed by atoms with Crippen LogP contribution in [-0.4, -0.2) is 11.1 Å². The number of benzene rings is 1. The molecule has 0 unspecified atom stereocenters. The van der Waals surface area contributed by atoms with Gasteiger partial charge in [-0.2, -0.15) is 0 Å². The van der Waals surface area contributed by atoms with Gasteiger partial charge in [0.05, 0.1) is 5.56 Å². The zero-order valence-corrected chi connectivity index (χ0v) is 14.9. The number of nitrogens with two attached hydrogens (primary N) is 1. The van der Waals surface area contributed by atoms with Gasteiger partial charge in [-0.1, -0.05) is 19.9 Å². The van der Waals surface area contributed by atoms with Crippen molar-refractivity contribution < 1.29 is 18.7 Å². The molecular formula is C18H20F2N2O2S. The molecule has 1 aromatic heterocycles. The molecule has 4 N–H and O–H groups in total. The third-order valence-corrected chi connectivity index (χ3v) is 6.03. The van der Waals surface area contributed by atoms with E-state index in [9.17, 15) is 18.7 Å². The summed E-state index contributed by atoms with van der Waals surface area (Å²) in [5.41, 5.74) is 3.81. The zero-order valence-electron chi connectivity index (χ0n) is 14.1. The quantitative estimate of drug-likeness (QED) is 0.567. The van der Waals surface area contributed by atoms with Gasteiger partial charge in [-0.15, -0.1) is 11.3 Å². The number of halogens is 2. The predicted molar refractivity (Wildman–Crippen MR) is 93.5 cm³/mol. The molecule has 7 heteroatoms. The molecule has 1 heterocycles. The smallest absolute Gasteiger partial charge is 0.337 e. The first kappa shape index (κ1) is 18.0. The van der Waals surface area contributed by atoms with Crippen LogP contribution in [0.15, 0.2) is 12.1 Å². The molecule has 1 aliphatic carbocycles. The molecule has 2 aromatic rings. The Hall–Kier alpha value is -1.83. The number of aryl methyl sites for hydroxylation is 1. The Morgan fingerprint density at radius 3 is 2.76 bits per heavy atom. The SMILES string of the molecule is CC1(C)CCc2sc(-c3ccc(F)c(F)c3CNN)c(C(=O)O)c2C1. The minimum Gasteiger partial charge on any atom is -0.478 e. The lowest BCUT2D eigenvalue weighted by Gasteiger charge is -2.29. The maximum absolute atomic E-state index is 14.3. The highest BCUT2D eigenvalue weighted by Crippen LogP contribution is 2.46. The molecule has 0 saturated carbocycles. The van der Waals surface area contributed by atoms with Crippen molar-refractivity contribution in [3.05, 3.63) is 45.3 Å². The molecule has 0 aliphatic heterocycles. The zero-order chi connectivity index (χ0) is 18.4. The molecule has 1 aromatic carbocycles. The molecule has 25 heavy (non-hydrogen) atoms. The maximum atomic E-state index is 14.3. The molecular weight excluding hydrogens is 346 g/mol. The van der Waals surface area contributed by atoms with Gasteiger partial charge >= 0.3 is 5.97 Å². The number of hydrogen-bond donors (Lipinski definition) is 3. The standard InChI is InChI=1S/C18H20F2N2O2S/c1-18(2)6-5-13-10(7-18)14(17(23)24)16(25-13)9-3-4-12(19)15(20)11(9)8-22-21/h3-4,22H,5-8,21H2,1-2H3,(H,23,24). The van der Waals surface area contributed by atoms with Crippen molar-refractivity contribution in [2.24, 2.45) is 11.3 Å². The summed E-state index contributed by atoms with van der Waals surface area (Å²) in [6, 6.07) is 2.46. The number of fused-ring (bicyclic) bond motifs is 1. The Balaban J connectivity index is 2.24. The van der Waals surface area contributed by atoms with E-state index in [-0.39, 0.29) is 23.1 Å². The van der Waals surface area contributed by atoms with Crippen LogP contribution in [0.4, 0.5) is 8.78 Å². The van der Waals surface area contributed by atoms with Gasteiger partial charge in [0, 0.05) is 27.4 Å². The van der Waals surface area contributed by atoms with Gasteiger partial charge < -0.3 is 5.11 Å². The van der Waals surface area contributed by atoms with E-state index in [4.69, 9.17) is 5.84 Å². The van der Waals surface area contributed by atoms with Crippen LogP contribution in [0.25, 0.3) is 10.4 Å². The van der Waals surface area contributed by atoms with Crippen LogP contribution in [-0.2, 0) is 19.4 Å². The number of hydrazine groups is 1. The molecule has 4 nitrogen and oxygen atoms in total. The summed E-state index contributed by atoms with van der Waals surface area (Å²) >= 11 is 1.36. The molecule has 0 bridgehead atoms. The van der Waals surface area contributed by atoms with Crippen molar-refractivity contribution in [2.75, 3.05) is 0 Å².